The van der Waals surface area contributed by atoms with Gasteiger partial charge in [0.05, 0.1) is 0 Å². The van der Waals surface area contributed by atoms with Crippen LogP contribution in [0.4, 0.5) is 0 Å². The Morgan fingerprint density at radius 3 is 2.55 bits per heavy atom. The molecule has 1 rings (SSSR count). The Morgan fingerprint density at radius 1 is 1.30 bits per heavy atom. The predicted molar refractivity (Wildman–Crippen MR) is 79.4 cm³/mol. The first-order chi connectivity index (χ1) is 9.41. The van der Waals surface area contributed by atoms with Crippen LogP contribution >= 0.6 is 0 Å². The Kier molecular flexibility index (Phi) is 6.52. The van der Waals surface area contributed by atoms with Crippen molar-refractivity contribution in [2.75, 3.05) is 13.7 Å². The van der Waals surface area contributed by atoms with Crippen LogP contribution in [0.15, 0.2) is 24.3 Å². The number of benzene rings is 1. The number of rotatable bonds is 7. The summed E-state index contributed by atoms with van der Waals surface area (Å²) in [6.45, 7) is 6.99. The van der Waals surface area contributed by atoms with E-state index in [1.165, 1.54) is 0 Å². The van der Waals surface area contributed by atoms with Gasteiger partial charge >= 0.3 is 0 Å². The zero-order valence-corrected chi connectivity index (χ0v) is 12.8. The summed E-state index contributed by atoms with van der Waals surface area (Å²) in [5, 5.41) is 9.71. The van der Waals surface area contributed by atoms with Crippen LogP contribution < -0.4 is 0 Å². The van der Waals surface area contributed by atoms with Gasteiger partial charge in [-0.1, -0.05) is 32.0 Å². The molecule has 0 radical (unpaired) electrons. The Hall–Kier alpha value is -1.55. The third-order valence-corrected chi connectivity index (χ3v) is 3.19. The SMILES string of the molecule is CC(C)CCOC(C)C(=O)N(C)Cc1ccccc1O. The van der Waals surface area contributed by atoms with Crippen LogP contribution in [-0.4, -0.2) is 35.7 Å². The Bertz CT molecular complexity index is 431. The lowest BCUT2D eigenvalue weighted by Crippen LogP contribution is -2.36. The normalized spacial score (nSPS) is 12.4. The van der Waals surface area contributed by atoms with Gasteiger partial charge in [0, 0.05) is 25.8 Å². The molecule has 0 spiro atoms. The first-order valence-corrected chi connectivity index (χ1v) is 7.05. The molecule has 0 heterocycles. The van der Waals surface area contributed by atoms with Gasteiger partial charge in [-0.3, -0.25) is 4.79 Å². The molecule has 1 aromatic rings. The summed E-state index contributed by atoms with van der Waals surface area (Å²) >= 11 is 0. The van der Waals surface area contributed by atoms with Crippen molar-refractivity contribution >= 4 is 5.91 Å². The molecule has 0 bridgehead atoms. The van der Waals surface area contributed by atoms with Crippen LogP contribution in [0.2, 0.25) is 0 Å². The zero-order valence-electron chi connectivity index (χ0n) is 12.8. The number of hydrogen-bond donors (Lipinski definition) is 1. The first-order valence-electron chi connectivity index (χ1n) is 7.05. The summed E-state index contributed by atoms with van der Waals surface area (Å²) in [6.07, 6.45) is 0.491. The quantitative estimate of drug-likeness (QED) is 0.835. The highest BCUT2D eigenvalue weighted by Gasteiger charge is 2.19. The van der Waals surface area contributed by atoms with Crippen LogP contribution in [0.5, 0.6) is 5.75 Å². The Labute approximate surface area is 121 Å². The second kappa shape index (κ2) is 7.90. The molecular weight excluding hydrogens is 254 g/mol. The minimum Gasteiger partial charge on any atom is -0.508 e. The van der Waals surface area contributed by atoms with Gasteiger partial charge in [-0.2, -0.15) is 0 Å². The van der Waals surface area contributed by atoms with Crippen molar-refractivity contribution in [3.05, 3.63) is 29.8 Å². The van der Waals surface area contributed by atoms with E-state index in [1.54, 1.807) is 31.0 Å². The van der Waals surface area contributed by atoms with E-state index in [0.717, 1.165) is 12.0 Å². The van der Waals surface area contributed by atoms with E-state index < -0.39 is 6.10 Å². The van der Waals surface area contributed by atoms with Crippen LogP contribution in [0.25, 0.3) is 0 Å². The smallest absolute Gasteiger partial charge is 0.251 e. The average molecular weight is 279 g/mol. The van der Waals surface area contributed by atoms with Gasteiger partial charge in [-0.15, -0.1) is 0 Å². The van der Waals surface area contributed by atoms with Crippen molar-refractivity contribution in [3.8, 4) is 5.75 Å². The number of likely N-dealkylation sites (N-methyl/N-ethyl adjacent to an activating group) is 1. The molecule has 0 fully saturated rings. The second-order valence-electron chi connectivity index (χ2n) is 5.52. The lowest BCUT2D eigenvalue weighted by molar-refractivity contribution is -0.142. The predicted octanol–water partition coefficient (Wildman–Crippen LogP) is 2.80. The number of carbonyl (C=O) groups excluding carboxylic acids is 1. The summed E-state index contributed by atoms with van der Waals surface area (Å²) < 4.78 is 5.55. The molecule has 1 atom stereocenters. The molecule has 1 amide bonds. The molecular formula is C16H25NO3. The third kappa shape index (κ3) is 5.21. The van der Waals surface area contributed by atoms with E-state index >= 15 is 0 Å². The Balaban J connectivity index is 2.48. The second-order valence-corrected chi connectivity index (χ2v) is 5.52. The molecule has 20 heavy (non-hydrogen) atoms. The van der Waals surface area contributed by atoms with Gasteiger partial charge in [0.15, 0.2) is 0 Å². The highest BCUT2D eigenvalue weighted by atomic mass is 16.5. The molecule has 4 heteroatoms. The van der Waals surface area contributed by atoms with Crippen molar-refractivity contribution in [1.29, 1.82) is 0 Å². The molecule has 0 aliphatic carbocycles. The van der Waals surface area contributed by atoms with Gasteiger partial charge in [-0.05, 0) is 25.3 Å². The van der Waals surface area contributed by atoms with Crippen molar-refractivity contribution in [3.63, 3.8) is 0 Å². The minimum atomic E-state index is -0.454. The molecule has 4 nitrogen and oxygen atoms in total. The first kappa shape index (κ1) is 16.5. The molecule has 1 aromatic carbocycles. The van der Waals surface area contributed by atoms with Crippen LogP contribution in [0.3, 0.4) is 0 Å². The Morgan fingerprint density at radius 2 is 1.95 bits per heavy atom. The van der Waals surface area contributed by atoms with Gasteiger partial charge in [0.2, 0.25) is 0 Å². The largest absolute Gasteiger partial charge is 0.508 e. The van der Waals surface area contributed by atoms with Crippen LogP contribution in [0, 0.1) is 5.92 Å². The molecule has 1 unspecified atom stereocenters. The minimum absolute atomic E-state index is 0.0722. The highest BCUT2D eigenvalue weighted by molar-refractivity contribution is 5.80. The standard InChI is InChI=1S/C16H25NO3/c1-12(2)9-10-20-13(3)16(19)17(4)11-14-7-5-6-8-15(14)18/h5-8,12-13,18H,9-11H2,1-4H3. The van der Waals surface area contributed by atoms with Gasteiger partial charge in [0.1, 0.15) is 11.9 Å². The van der Waals surface area contributed by atoms with Gasteiger partial charge < -0.3 is 14.7 Å². The van der Waals surface area contributed by atoms with Crippen LogP contribution in [0.1, 0.15) is 32.8 Å². The van der Waals surface area contributed by atoms with Crippen LogP contribution in [-0.2, 0) is 16.1 Å². The molecule has 0 aromatic heterocycles. The summed E-state index contributed by atoms with van der Waals surface area (Å²) in [5.74, 6) is 0.703. The average Bonchev–Trinajstić information content (AvgIpc) is 2.39. The maximum absolute atomic E-state index is 12.2. The fraction of sp³-hybridized carbons (Fsp3) is 0.562. The number of amides is 1. The summed E-state index contributed by atoms with van der Waals surface area (Å²) in [4.78, 5) is 13.7. The van der Waals surface area contributed by atoms with E-state index in [-0.39, 0.29) is 11.7 Å². The summed E-state index contributed by atoms with van der Waals surface area (Å²) in [7, 11) is 1.72. The van der Waals surface area contributed by atoms with E-state index in [2.05, 4.69) is 13.8 Å². The van der Waals surface area contributed by atoms with E-state index in [9.17, 15) is 9.90 Å². The number of nitrogens with zero attached hydrogens (tertiary/aromatic N) is 1. The molecule has 0 aliphatic heterocycles. The number of carbonyl (C=O) groups is 1. The summed E-state index contributed by atoms with van der Waals surface area (Å²) in [5.41, 5.74) is 0.734. The van der Waals surface area contributed by atoms with Crippen molar-refractivity contribution < 1.29 is 14.6 Å². The van der Waals surface area contributed by atoms with Gasteiger partial charge in [0.25, 0.3) is 5.91 Å². The molecule has 0 aliphatic rings. The molecule has 112 valence electrons. The van der Waals surface area contributed by atoms with Crippen molar-refractivity contribution in [1.82, 2.24) is 4.90 Å². The third-order valence-electron chi connectivity index (χ3n) is 3.19. The van der Waals surface area contributed by atoms with Crippen molar-refractivity contribution in [2.45, 2.75) is 39.8 Å². The number of aromatic hydroxyl groups is 1. The fourth-order valence-electron chi connectivity index (χ4n) is 1.84. The van der Waals surface area contributed by atoms with E-state index in [4.69, 9.17) is 4.74 Å². The van der Waals surface area contributed by atoms with E-state index in [1.807, 2.05) is 12.1 Å². The fourth-order valence-corrected chi connectivity index (χ4v) is 1.84. The topological polar surface area (TPSA) is 49.8 Å². The number of phenolic OH excluding ortho intramolecular Hbond substituents is 1. The zero-order chi connectivity index (χ0) is 15.1. The number of phenols is 1. The monoisotopic (exact) mass is 279 g/mol. The number of hydrogen-bond acceptors (Lipinski definition) is 3. The molecule has 0 saturated heterocycles. The maximum atomic E-state index is 12.2. The van der Waals surface area contributed by atoms with Crippen molar-refractivity contribution in [2.24, 2.45) is 5.92 Å². The summed E-state index contributed by atoms with van der Waals surface area (Å²) in [6, 6.07) is 7.04. The van der Waals surface area contributed by atoms with Gasteiger partial charge in [-0.25, -0.2) is 0 Å². The maximum Gasteiger partial charge on any atom is 0.251 e. The molecule has 1 N–H and O–H groups in total. The van der Waals surface area contributed by atoms with E-state index in [0.29, 0.717) is 19.1 Å². The molecule has 0 saturated carbocycles. The lowest BCUT2D eigenvalue weighted by atomic mass is 10.1. The number of para-hydroxylation sites is 1. The highest BCUT2D eigenvalue weighted by Crippen LogP contribution is 2.17. The number of ether oxygens (including phenoxy) is 1. The lowest BCUT2D eigenvalue weighted by Gasteiger charge is -2.22.